The van der Waals surface area contributed by atoms with Crippen LogP contribution in [0.25, 0.3) is 0 Å². The van der Waals surface area contributed by atoms with Gasteiger partial charge in [0.1, 0.15) is 23.3 Å². The van der Waals surface area contributed by atoms with Crippen LogP contribution in [0, 0.1) is 22.7 Å². The third-order valence-electron chi connectivity index (χ3n) is 1.41. The molecule has 4 nitrogen and oxygen atoms in total. The summed E-state index contributed by atoms with van der Waals surface area (Å²) in [7, 11) is 0. The van der Waals surface area contributed by atoms with Crippen molar-refractivity contribution in [2.45, 2.75) is 0 Å². The summed E-state index contributed by atoms with van der Waals surface area (Å²) in [5, 5.41) is 18.3. The lowest BCUT2D eigenvalue weighted by Gasteiger charge is -2.03. The van der Waals surface area contributed by atoms with Crippen molar-refractivity contribution in [2.24, 2.45) is 11.5 Å². The number of allylic oxidation sites excluding steroid dienone is 2. The first kappa shape index (κ1) is 12.8. The van der Waals surface area contributed by atoms with E-state index in [1.165, 1.54) is 23.5 Å². The van der Waals surface area contributed by atoms with E-state index in [9.17, 15) is 0 Å². The molecule has 0 radical (unpaired) electrons. The van der Waals surface area contributed by atoms with E-state index in [1.54, 1.807) is 12.5 Å². The summed E-state index contributed by atoms with van der Waals surface area (Å²) < 4.78 is 0. The topological polar surface area (TPSA) is 99.6 Å². The molecular weight excluding hydrogens is 216 g/mol. The molecule has 0 bridgehead atoms. The van der Waals surface area contributed by atoms with Gasteiger partial charge in [0.05, 0.1) is 10.1 Å². The molecule has 0 fully saturated rings. The molecule has 0 heterocycles. The van der Waals surface area contributed by atoms with E-state index in [2.05, 4.69) is 0 Å². The lowest BCUT2D eigenvalue weighted by atomic mass is 10.1. The number of nitrogens with zero attached hydrogens (tertiary/aromatic N) is 2. The molecule has 74 valence electrons. The summed E-state index contributed by atoms with van der Waals surface area (Å²) in [5.74, 6) is 0. The Bertz CT molecular complexity index is 321. The zero-order valence-corrected chi connectivity index (χ0v) is 9.50. The van der Waals surface area contributed by atoms with E-state index >= 15 is 0 Å². The fourth-order valence-corrected chi connectivity index (χ4v) is 1.38. The largest absolute Gasteiger partial charge is 0.392 e. The van der Waals surface area contributed by atoms with E-state index in [4.69, 9.17) is 22.0 Å². The molecule has 0 aromatic carbocycles. The Morgan fingerprint density at radius 1 is 0.929 bits per heavy atom. The van der Waals surface area contributed by atoms with Crippen molar-refractivity contribution in [1.82, 2.24) is 0 Å². The van der Waals surface area contributed by atoms with Crippen molar-refractivity contribution >= 4 is 23.5 Å². The van der Waals surface area contributed by atoms with Crippen LogP contribution in [0.3, 0.4) is 0 Å². The molecule has 0 saturated heterocycles. The van der Waals surface area contributed by atoms with Gasteiger partial charge in [-0.05, 0) is 12.5 Å². The lowest BCUT2D eigenvalue weighted by Crippen LogP contribution is -2.04. The highest BCUT2D eigenvalue weighted by Gasteiger charge is 2.12. The quantitative estimate of drug-likeness (QED) is 0.552. The Morgan fingerprint density at radius 3 is 1.36 bits per heavy atom. The van der Waals surface area contributed by atoms with Crippen molar-refractivity contribution in [3.63, 3.8) is 0 Å². The summed E-state index contributed by atoms with van der Waals surface area (Å²) in [5.41, 5.74) is 11.4. The molecule has 4 N–H and O–H groups in total. The molecule has 6 heteroatoms. The van der Waals surface area contributed by atoms with Crippen LogP contribution in [0.1, 0.15) is 0 Å². The Morgan fingerprint density at radius 2 is 1.21 bits per heavy atom. The van der Waals surface area contributed by atoms with Gasteiger partial charge in [-0.15, -0.1) is 23.5 Å². The molecule has 0 aliphatic rings. The summed E-state index contributed by atoms with van der Waals surface area (Å²) >= 11 is 2.43. The molecule has 0 aromatic heterocycles. The lowest BCUT2D eigenvalue weighted by molar-refractivity contribution is 1.35. The van der Waals surface area contributed by atoms with Crippen molar-refractivity contribution < 1.29 is 0 Å². The van der Waals surface area contributed by atoms with Crippen molar-refractivity contribution in [3.8, 4) is 12.1 Å². The first-order chi connectivity index (χ1) is 6.62. The van der Waals surface area contributed by atoms with Gasteiger partial charge in [-0.1, -0.05) is 0 Å². The van der Waals surface area contributed by atoms with Gasteiger partial charge < -0.3 is 11.5 Å². The average Bonchev–Trinajstić information content (AvgIpc) is 2.23. The molecule has 0 aromatic rings. The SMILES string of the molecule is CS/C(N)=C(C#N)/C(C#N)=C(\N)SC. The molecular formula is C8H10N4S2. The van der Waals surface area contributed by atoms with Crippen molar-refractivity contribution in [2.75, 3.05) is 12.5 Å². The van der Waals surface area contributed by atoms with Gasteiger partial charge in [0, 0.05) is 0 Å². The maximum absolute atomic E-state index is 8.82. The normalized spacial score (nSPS) is 13.4. The third kappa shape index (κ3) is 2.91. The minimum absolute atomic E-state index is 0.145. The van der Waals surface area contributed by atoms with Crippen molar-refractivity contribution in [3.05, 3.63) is 21.2 Å². The maximum atomic E-state index is 8.82. The zero-order chi connectivity index (χ0) is 11.1. The highest BCUT2D eigenvalue weighted by atomic mass is 32.2. The smallest absolute Gasteiger partial charge is 0.103 e. The highest BCUT2D eigenvalue weighted by molar-refractivity contribution is 8.02. The number of nitrogens with two attached hydrogens (primary N) is 2. The monoisotopic (exact) mass is 226 g/mol. The van der Waals surface area contributed by atoms with Crippen LogP contribution in [0.2, 0.25) is 0 Å². The molecule has 14 heavy (non-hydrogen) atoms. The number of thioether (sulfide) groups is 2. The maximum Gasteiger partial charge on any atom is 0.103 e. The molecule has 0 saturated carbocycles. The zero-order valence-electron chi connectivity index (χ0n) is 7.87. The summed E-state index contributed by atoms with van der Waals surface area (Å²) in [4.78, 5) is 0. The van der Waals surface area contributed by atoms with Crippen LogP contribution in [0.15, 0.2) is 21.2 Å². The minimum atomic E-state index is 0.145. The Balaban J connectivity index is 5.49. The van der Waals surface area contributed by atoms with E-state index in [-0.39, 0.29) is 11.1 Å². The third-order valence-corrected chi connectivity index (χ3v) is 2.69. The van der Waals surface area contributed by atoms with Gasteiger partial charge >= 0.3 is 0 Å². The molecule has 0 aliphatic heterocycles. The van der Waals surface area contributed by atoms with Crippen LogP contribution < -0.4 is 11.5 Å². The fraction of sp³-hybridized carbons (Fsp3) is 0.250. The molecule has 0 atom stereocenters. The standard InChI is InChI=1S/C8H10N4S2/c1-13-7(11)5(3-9)6(4-10)8(12)14-2/h11-12H2,1-2H3/b7-5+,8-6+. The summed E-state index contributed by atoms with van der Waals surface area (Å²) in [6, 6.07) is 3.76. The van der Waals surface area contributed by atoms with Gasteiger partial charge in [-0.25, -0.2) is 0 Å². The van der Waals surface area contributed by atoms with E-state index in [0.29, 0.717) is 10.1 Å². The van der Waals surface area contributed by atoms with Gasteiger partial charge in [-0.3, -0.25) is 0 Å². The fourth-order valence-electron chi connectivity index (χ4n) is 0.673. The van der Waals surface area contributed by atoms with Crippen LogP contribution in [-0.2, 0) is 0 Å². The average molecular weight is 226 g/mol. The van der Waals surface area contributed by atoms with Gasteiger partial charge in [0.2, 0.25) is 0 Å². The molecule has 0 unspecified atom stereocenters. The van der Waals surface area contributed by atoms with Crippen LogP contribution in [0.4, 0.5) is 0 Å². The highest BCUT2D eigenvalue weighted by Crippen LogP contribution is 2.22. The van der Waals surface area contributed by atoms with E-state index < -0.39 is 0 Å². The summed E-state index contributed by atoms with van der Waals surface area (Å²) in [6.07, 6.45) is 3.47. The van der Waals surface area contributed by atoms with Crippen LogP contribution >= 0.6 is 23.5 Å². The van der Waals surface area contributed by atoms with Gasteiger partial charge in [-0.2, -0.15) is 10.5 Å². The minimum Gasteiger partial charge on any atom is -0.392 e. The second-order valence-electron chi connectivity index (χ2n) is 2.11. The second kappa shape index (κ2) is 6.25. The second-order valence-corrected chi connectivity index (χ2v) is 3.81. The van der Waals surface area contributed by atoms with E-state index in [1.807, 2.05) is 12.1 Å². The Hall–Kier alpha value is -1.24. The number of hydrogen-bond acceptors (Lipinski definition) is 6. The molecule has 0 rings (SSSR count). The number of hydrogen-bond donors (Lipinski definition) is 2. The predicted molar refractivity (Wildman–Crippen MR) is 60.7 cm³/mol. The summed E-state index contributed by atoms with van der Waals surface area (Å²) in [6.45, 7) is 0. The number of rotatable bonds is 3. The van der Waals surface area contributed by atoms with Gasteiger partial charge in [0.15, 0.2) is 0 Å². The Labute approximate surface area is 91.6 Å². The first-order valence-electron chi connectivity index (χ1n) is 3.50. The Kier molecular flexibility index (Phi) is 5.70. The van der Waals surface area contributed by atoms with E-state index in [0.717, 1.165) is 0 Å². The molecule has 0 aliphatic carbocycles. The molecule has 0 amide bonds. The van der Waals surface area contributed by atoms with Gasteiger partial charge in [0.25, 0.3) is 0 Å². The van der Waals surface area contributed by atoms with Crippen LogP contribution in [0.5, 0.6) is 0 Å². The predicted octanol–water partition coefficient (Wildman–Crippen LogP) is 1.10. The number of nitriles is 2. The van der Waals surface area contributed by atoms with Crippen molar-refractivity contribution in [1.29, 1.82) is 10.5 Å². The van der Waals surface area contributed by atoms with Crippen LogP contribution in [-0.4, -0.2) is 12.5 Å². The molecule has 0 spiro atoms. The first-order valence-corrected chi connectivity index (χ1v) is 5.95.